The summed E-state index contributed by atoms with van der Waals surface area (Å²) in [4.78, 5) is 0. The van der Waals surface area contributed by atoms with Crippen molar-refractivity contribution in [2.45, 2.75) is 425 Å². The Morgan fingerprint density at radius 2 is 0.680 bits per heavy atom. The second-order valence-corrected chi connectivity index (χ2v) is 42.5. The van der Waals surface area contributed by atoms with Gasteiger partial charge in [0.15, 0.2) is 0 Å². The van der Waals surface area contributed by atoms with Crippen molar-refractivity contribution in [3.05, 3.63) is 0 Å². The summed E-state index contributed by atoms with van der Waals surface area (Å²) in [6, 6.07) is 0. The van der Waals surface area contributed by atoms with Crippen molar-refractivity contribution in [1.82, 2.24) is 0 Å². The van der Waals surface area contributed by atoms with Crippen LogP contribution in [0.1, 0.15) is 377 Å². The average molecular weight is 1460 g/mol. The van der Waals surface area contributed by atoms with Crippen LogP contribution in [0.15, 0.2) is 0 Å². The van der Waals surface area contributed by atoms with Crippen LogP contribution in [-0.4, -0.2) is 89.7 Å². The van der Waals surface area contributed by atoms with E-state index in [9.17, 15) is 40.9 Å². The van der Waals surface area contributed by atoms with Gasteiger partial charge in [0.2, 0.25) is 0 Å². The molecule has 8 aliphatic rings. The molecule has 8 nitrogen and oxygen atoms in total. The maximum Gasteiger partial charge on any atom is 0.0601 e. The Balaban J connectivity index is 0.000000589. The molecule has 8 saturated carbocycles. The third-order valence-corrected chi connectivity index (χ3v) is 30.5. The SMILES string of the molecule is CC1CC(C)C(C(C)(C)C)C(O)C1.CC1CCC(C)C(C(C)(C)C)C1O.CC1CCC(O)C(C(C)(C)C)C1C.CCC(C)C1C(C)CC(O)CC1C.CCC(C)C1CC(C)C(C)C(O)C1.CCC(C)C1CC(C)C(O)C(C)C1.CCC(C)C1CC(C)C(O)CC1C.CCC(C)C1CCC(O)CC1C. The Labute approximate surface area is 644 Å². The van der Waals surface area contributed by atoms with E-state index >= 15 is 0 Å². The smallest absolute Gasteiger partial charge is 0.0601 e. The third-order valence-electron chi connectivity index (χ3n) is 30.5. The zero-order valence-corrected chi connectivity index (χ0v) is 75.4. The molecule has 32 atom stereocenters. The summed E-state index contributed by atoms with van der Waals surface area (Å²) < 4.78 is 0. The van der Waals surface area contributed by atoms with Crippen LogP contribution in [0, 0.1) is 182 Å². The first-order valence-corrected chi connectivity index (χ1v) is 44.8. The highest BCUT2D eigenvalue weighted by atomic mass is 16.3. The normalized spacial score (nSPS) is 42.3. The molecule has 0 heterocycles. The van der Waals surface area contributed by atoms with Gasteiger partial charge in [-0.1, -0.05) is 268 Å². The van der Waals surface area contributed by atoms with Crippen LogP contribution >= 0.6 is 0 Å². The fourth-order valence-corrected chi connectivity index (χ4v) is 22.8. The summed E-state index contributed by atoms with van der Waals surface area (Å²) in [7, 11) is 0. The Kier molecular flexibility index (Phi) is 46.2. The lowest BCUT2D eigenvalue weighted by Crippen LogP contribution is -2.43. The molecule has 32 unspecified atom stereocenters. The van der Waals surface area contributed by atoms with Gasteiger partial charge in [0, 0.05) is 0 Å². The van der Waals surface area contributed by atoms with Crippen molar-refractivity contribution in [2.24, 2.45) is 182 Å². The summed E-state index contributed by atoms with van der Waals surface area (Å²) in [6.07, 6.45) is 25.1. The first-order valence-electron chi connectivity index (χ1n) is 44.8. The minimum absolute atomic E-state index is 0.0136. The molecule has 0 aromatic rings. The van der Waals surface area contributed by atoms with E-state index < -0.39 is 0 Å². The third kappa shape index (κ3) is 33.1. The molecule has 0 radical (unpaired) electrons. The zero-order chi connectivity index (χ0) is 79.8. The van der Waals surface area contributed by atoms with E-state index in [0.717, 1.165) is 122 Å². The molecule has 8 fully saturated rings. The van der Waals surface area contributed by atoms with Crippen LogP contribution in [0.4, 0.5) is 0 Å². The molecule has 8 N–H and O–H groups in total. The minimum atomic E-state index is -0.0938. The highest BCUT2D eigenvalue weighted by molar-refractivity contribution is 4.94. The summed E-state index contributed by atoms with van der Waals surface area (Å²) in [5.41, 5.74) is 0.736. The fraction of sp³-hybridized carbons (Fsp3) is 1.00. The van der Waals surface area contributed by atoms with Crippen LogP contribution in [-0.2, 0) is 0 Å². The van der Waals surface area contributed by atoms with E-state index in [-0.39, 0.29) is 65.1 Å². The van der Waals surface area contributed by atoms with Gasteiger partial charge in [-0.2, -0.15) is 0 Å². The molecule has 0 bridgehead atoms. The molecule has 8 heteroatoms. The van der Waals surface area contributed by atoms with Gasteiger partial charge >= 0.3 is 0 Å². The monoisotopic (exact) mass is 1460 g/mol. The number of rotatable bonds is 10. The molecule has 0 spiro atoms. The number of hydrogen-bond donors (Lipinski definition) is 8. The first kappa shape index (κ1) is 101. The molecule has 618 valence electrons. The van der Waals surface area contributed by atoms with Crippen LogP contribution < -0.4 is 0 Å². The van der Waals surface area contributed by atoms with Crippen molar-refractivity contribution in [3.8, 4) is 0 Å². The number of aliphatic hydroxyl groups is 8. The Morgan fingerprint density at radius 3 is 1.10 bits per heavy atom. The molecule has 0 aromatic heterocycles. The minimum Gasteiger partial charge on any atom is -0.393 e. The van der Waals surface area contributed by atoms with Gasteiger partial charge < -0.3 is 40.9 Å². The predicted molar refractivity (Wildman–Crippen MR) is 448 cm³/mol. The Hall–Kier alpha value is -0.320. The van der Waals surface area contributed by atoms with Crippen molar-refractivity contribution >= 4 is 0 Å². The van der Waals surface area contributed by atoms with E-state index in [4.69, 9.17) is 0 Å². The van der Waals surface area contributed by atoms with Crippen molar-refractivity contribution in [3.63, 3.8) is 0 Å². The van der Waals surface area contributed by atoms with Gasteiger partial charge in [0.1, 0.15) is 0 Å². The van der Waals surface area contributed by atoms with E-state index in [1.807, 2.05) is 0 Å². The van der Waals surface area contributed by atoms with Crippen molar-refractivity contribution in [1.29, 1.82) is 0 Å². The largest absolute Gasteiger partial charge is 0.393 e. The lowest BCUT2D eigenvalue weighted by molar-refractivity contribution is -0.0536. The standard InChI is InChI=1S/7C12H24O.C11H22O/c1-8-6-9(2)11(10(13)7-8)12(3,4)5;1-8-6-7-10(13)11(9(8)2)12(3,4)5;1-8-6-7-9(2)11(13)10(8)12(3,4)5;1-5-8(2)11-6-10(4)12(13)7-9(11)3;1-5-8(2)11-6-9(3)10(4)12(13)7-11;1-5-8(2)12-9(3)6-11(13)7-10(12)4;1-5-8(2)11-6-9(3)12(13)10(4)7-11;1-4-8(2)11-6-5-10(12)7-9(11)3/h3*8-11,13H,6-7H2,1-5H3;4*8-13H,5-7H2,1-4H3;8-12H,4-7H2,1-3H3. The van der Waals surface area contributed by atoms with E-state index in [0.29, 0.717) is 94.7 Å². The molecular formula is C95H190O8. The quantitative estimate of drug-likeness (QED) is 0.107. The van der Waals surface area contributed by atoms with Gasteiger partial charge in [-0.25, -0.2) is 0 Å². The maximum atomic E-state index is 10.1. The fourth-order valence-electron chi connectivity index (χ4n) is 22.8. The highest BCUT2D eigenvalue weighted by Crippen LogP contribution is 2.48. The summed E-state index contributed by atoms with van der Waals surface area (Å²) in [5.74, 6) is 19.1. The lowest BCUT2D eigenvalue weighted by Gasteiger charge is -2.45. The van der Waals surface area contributed by atoms with E-state index in [2.05, 4.69) is 235 Å². The summed E-state index contributed by atoms with van der Waals surface area (Å²) >= 11 is 0. The lowest BCUT2D eigenvalue weighted by atomic mass is 9.62. The topological polar surface area (TPSA) is 162 Å². The molecule has 0 amide bonds. The molecule has 103 heavy (non-hydrogen) atoms. The van der Waals surface area contributed by atoms with Gasteiger partial charge in [0.05, 0.1) is 48.8 Å². The predicted octanol–water partition coefficient (Wildman–Crippen LogP) is 24.4. The van der Waals surface area contributed by atoms with Crippen molar-refractivity contribution < 1.29 is 40.9 Å². The molecular weight excluding hydrogens is 1270 g/mol. The first-order chi connectivity index (χ1) is 47.4. The number of hydrogen-bond acceptors (Lipinski definition) is 8. The Morgan fingerprint density at radius 1 is 0.262 bits per heavy atom. The Bertz CT molecular complexity index is 2020. The van der Waals surface area contributed by atoms with Crippen LogP contribution in [0.3, 0.4) is 0 Å². The average Bonchev–Trinajstić information content (AvgIpc) is 0.814. The number of aliphatic hydroxyl groups excluding tert-OH is 8. The second-order valence-electron chi connectivity index (χ2n) is 42.5. The summed E-state index contributed by atoms with van der Waals surface area (Å²) in [5, 5.41) is 78.7. The molecule has 0 aliphatic heterocycles. The van der Waals surface area contributed by atoms with Crippen LogP contribution in [0.25, 0.3) is 0 Å². The highest BCUT2D eigenvalue weighted by Gasteiger charge is 2.44. The van der Waals surface area contributed by atoms with Gasteiger partial charge in [-0.15, -0.1) is 0 Å². The molecule has 8 rings (SSSR count). The summed E-state index contributed by atoms with van der Waals surface area (Å²) in [6.45, 7) is 77.1. The second kappa shape index (κ2) is 47.3. The van der Waals surface area contributed by atoms with Crippen LogP contribution in [0.5, 0.6) is 0 Å². The zero-order valence-electron chi connectivity index (χ0n) is 75.4. The van der Waals surface area contributed by atoms with E-state index in [1.54, 1.807) is 0 Å². The van der Waals surface area contributed by atoms with Gasteiger partial charge in [0.25, 0.3) is 0 Å². The van der Waals surface area contributed by atoms with E-state index in [1.165, 1.54) is 89.9 Å². The van der Waals surface area contributed by atoms with Crippen LogP contribution in [0.2, 0.25) is 0 Å². The molecule has 0 saturated heterocycles. The molecule has 8 aliphatic carbocycles. The molecule has 0 aromatic carbocycles. The van der Waals surface area contributed by atoms with Gasteiger partial charge in [-0.3, -0.25) is 0 Å². The van der Waals surface area contributed by atoms with Crippen molar-refractivity contribution in [2.75, 3.05) is 0 Å². The maximum absolute atomic E-state index is 10.1. The van der Waals surface area contributed by atoms with Gasteiger partial charge in [-0.05, 0) is 291 Å².